The van der Waals surface area contributed by atoms with Crippen molar-refractivity contribution in [2.24, 2.45) is 0 Å². The van der Waals surface area contributed by atoms with Gasteiger partial charge in [-0.15, -0.1) is 0 Å². The van der Waals surface area contributed by atoms with E-state index >= 15 is 0 Å². The predicted molar refractivity (Wildman–Crippen MR) is 57.5 cm³/mol. The summed E-state index contributed by atoms with van der Waals surface area (Å²) in [5, 5.41) is 8.76. The Kier molecular flexibility index (Phi) is 4.63. The first kappa shape index (κ1) is 11.2. The van der Waals surface area contributed by atoms with Gasteiger partial charge >= 0.3 is 0 Å². The van der Waals surface area contributed by atoms with E-state index in [-0.39, 0.29) is 6.61 Å². The Balaban J connectivity index is 2.62. The van der Waals surface area contributed by atoms with Crippen LogP contribution >= 0.6 is 0 Å². The quantitative estimate of drug-likeness (QED) is 0.776. The van der Waals surface area contributed by atoms with Gasteiger partial charge in [0.1, 0.15) is 0 Å². The number of benzene rings is 1. The predicted octanol–water partition coefficient (Wildman–Crippen LogP) is 1.97. The molecule has 1 atom stereocenters. The minimum Gasteiger partial charge on any atom is -0.396 e. The van der Waals surface area contributed by atoms with Gasteiger partial charge in [0, 0.05) is 19.6 Å². The summed E-state index contributed by atoms with van der Waals surface area (Å²) in [7, 11) is 1.72. The molecule has 0 spiro atoms. The zero-order valence-electron chi connectivity index (χ0n) is 8.86. The van der Waals surface area contributed by atoms with Crippen molar-refractivity contribution < 1.29 is 9.84 Å². The van der Waals surface area contributed by atoms with Crippen LogP contribution in [-0.2, 0) is 11.2 Å². The van der Waals surface area contributed by atoms with E-state index in [1.165, 1.54) is 11.1 Å². The van der Waals surface area contributed by atoms with E-state index in [9.17, 15) is 0 Å². The van der Waals surface area contributed by atoms with Gasteiger partial charge in [-0.25, -0.2) is 0 Å². The molecule has 0 radical (unpaired) electrons. The van der Waals surface area contributed by atoms with Crippen LogP contribution < -0.4 is 0 Å². The Hall–Kier alpha value is -0.860. The first-order valence-corrected chi connectivity index (χ1v) is 4.96. The van der Waals surface area contributed by atoms with E-state index in [1.54, 1.807) is 7.11 Å². The molecular weight excluding hydrogens is 176 g/mol. The molecule has 0 amide bonds. The lowest BCUT2D eigenvalue weighted by Crippen LogP contribution is -2.02. The molecule has 2 heteroatoms. The van der Waals surface area contributed by atoms with E-state index in [1.807, 2.05) is 0 Å². The van der Waals surface area contributed by atoms with Crippen molar-refractivity contribution in [1.82, 2.24) is 0 Å². The van der Waals surface area contributed by atoms with Crippen molar-refractivity contribution in [3.63, 3.8) is 0 Å². The smallest absolute Gasteiger partial charge is 0.0528 e. The molecule has 0 fully saturated rings. The largest absolute Gasteiger partial charge is 0.396 e. The van der Waals surface area contributed by atoms with Crippen molar-refractivity contribution in [1.29, 1.82) is 0 Å². The second-order valence-corrected chi connectivity index (χ2v) is 3.57. The fourth-order valence-electron chi connectivity index (χ4n) is 1.49. The number of aliphatic hydroxyl groups is 1. The van der Waals surface area contributed by atoms with E-state index in [0.717, 1.165) is 13.0 Å². The van der Waals surface area contributed by atoms with Crippen molar-refractivity contribution >= 4 is 0 Å². The van der Waals surface area contributed by atoms with E-state index in [4.69, 9.17) is 9.84 Å². The summed E-state index contributed by atoms with van der Waals surface area (Å²) in [5.74, 6) is 0.433. The topological polar surface area (TPSA) is 29.5 Å². The summed E-state index contributed by atoms with van der Waals surface area (Å²) < 4.78 is 5.10. The molecule has 1 aromatic carbocycles. The monoisotopic (exact) mass is 194 g/mol. The molecule has 14 heavy (non-hydrogen) atoms. The molecule has 1 rings (SSSR count). The molecule has 0 aromatic heterocycles. The summed E-state index contributed by atoms with van der Waals surface area (Å²) in [6, 6.07) is 8.35. The number of hydrogen-bond donors (Lipinski definition) is 1. The average molecular weight is 194 g/mol. The van der Waals surface area contributed by atoms with Gasteiger partial charge in [0.15, 0.2) is 0 Å². The highest BCUT2D eigenvalue weighted by atomic mass is 16.5. The molecule has 0 heterocycles. The summed E-state index contributed by atoms with van der Waals surface area (Å²) in [6.45, 7) is 3.11. The average Bonchev–Trinajstić information content (AvgIpc) is 2.20. The van der Waals surface area contributed by atoms with Crippen molar-refractivity contribution in [3.05, 3.63) is 35.4 Å². The van der Waals surface area contributed by atoms with Crippen LogP contribution in [0.5, 0.6) is 0 Å². The van der Waals surface area contributed by atoms with Crippen LogP contribution in [0.3, 0.4) is 0 Å². The first-order valence-electron chi connectivity index (χ1n) is 4.96. The second-order valence-electron chi connectivity index (χ2n) is 3.57. The van der Waals surface area contributed by atoms with Crippen molar-refractivity contribution in [2.75, 3.05) is 20.3 Å². The van der Waals surface area contributed by atoms with Gasteiger partial charge in [0.05, 0.1) is 6.61 Å². The lowest BCUT2D eigenvalue weighted by atomic mass is 10.00. The van der Waals surface area contributed by atoms with Gasteiger partial charge in [-0.1, -0.05) is 31.2 Å². The van der Waals surface area contributed by atoms with Crippen molar-refractivity contribution in [2.45, 2.75) is 19.3 Å². The highest BCUT2D eigenvalue weighted by molar-refractivity contribution is 5.25. The SMILES string of the molecule is COCC(C)c1ccc(CCO)cc1. The van der Waals surface area contributed by atoms with Crippen LogP contribution in [0.15, 0.2) is 24.3 Å². The molecule has 0 aliphatic rings. The van der Waals surface area contributed by atoms with Gasteiger partial charge < -0.3 is 9.84 Å². The molecule has 0 saturated carbocycles. The van der Waals surface area contributed by atoms with Crippen molar-refractivity contribution in [3.8, 4) is 0 Å². The third-order valence-electron chi connectivity index (χ3n) is 2.37. The molecule has 0 aliphatic heterocycles. The minimum absolute atomic E-state index is 0.215. The zero-order chi connectivity index (χ0) is 10.4. The van der Waals surface area contributed by atoms with Gasteiger partial charge in [-0.3, -0.25) is 0 Å². The summed E-state index contributed by atoms with van der Waals surface area (Å²) in [4.78, 5) is 0. The Morgan fingerprint density at radius 2 is 1.93 bits per heavy atom. The lowest BCUT2D eigenvalue weighted by Gasteiger charge is -2.10. The summed E-state index contributed by atoms with van der Waals surface area (Å²) in [5.41, 5.74) is 2.47. The molecule has 2 nitrogen and oxygen atoms in total. The van der Waals surface area contributed by atoms with Crippen LogP contribution in [0.25, 0.3) is 0 Å². The van der Waals surface area contributed by atoms with E-state index in [0.29, 0.717) is 5.92 Å². The lowest BCUT2D eigenvalue weighted by molar-refractivity contribution is 0.184. The highest BCUT2D eigenvalue weighted by Gasteiger charge is 2.04. The molecule has 1 aromatic rings. The van der Waals surface area contributed by atoms with Crippen LogP contribution in [0, 0.1) is 0 Å². The van der Waals surface area contributed by atoms with Gasteiger partial charge in [0.2, 0.25) is 0 Å². The van der Waals surface area contributed by atoms with Gasteiger partial charge in [-0.2, -0.15) is 0 Å². The molecule has 0 bridgehead atoms. The fourth-order valence-corrected chi connectivity index (χ4v) is 1.49. The number of ether oxygens (including phenoxy) is 1. The Morgan fingerprint density at radius 3 is 2.43 bits per heavy atom. The van der Waals surface area contributed by atoms with Crippen LogP contribution in [0.1, 0.15) is 24.0 Å². The Labute approximate surface area is 85.5 Å². The first-order chi connectivity index (χ1) is 6.77. The number of hydrogen-bond acceptors (Lipinski definition) is 2. The summed E-state index contributed by atoms with van der Waals surface area (Å²) >= 11 is 0. The maximum Gasteiger partial charge on any atom is 0.0528 e. The van der Waals surface area contributed by atoms with Crippen LogP contribution in [0.4, 0.5) is 0 Å². The number of methoxy groups -OCH3 is 1. The fraction of sp³-hybridized carbons (Fsp3) is 0.500. The molecule has 0 saturated heterocycles. The number of rotatable bonds is 5. The molecule has 1 N–H and O–H groups in total. The van der Waals surface area contributed by atoms with Gasteiger partial charge in [-0.05, 0) is 17.5 Å². The summed E-state index contributed by atoms with van der Waals surface area (Å²) in [6.07, 6.45) is 0.735. The minimum atomic E-state index is 0.215. The zero-order valence-corrected chi connectivity index (χ0v) is 8.86. The third-order valence-corrected chi connectivity index (χ3v) is 2.37. The molecule has 1 unspecified atom stereocenters. The van der Waals surface area contributed by atoms with Gasteiger partial charge in [0.25, 0.3) is 0 Å². The van der Waals surface area contributed by atoms with Crippen LogP contribution in [-0.4, -0.2) is 25.4 Å². The highest BCUT2D eigenvalue weighted by Crippen LogP contribution is 2.16. The second kappa shape index (κ2) is 5.78. The molecule has 78 valence electrons. The maximum atomic E-state index is 8.76. The van der Waals surface area contributed by atoms with E-state index in [2.05, 4.69) is 31.2 Å². The van der Waals surface area contributed by atoms with E-state index < -0.39 is 0 Å². The maximum absolute atomic E-state index is 8.76. The molecule has 0 aliphatic carbocycles. The number of aliphatic hydroxyl groups excluding tert-OH is 1. The normalized spacial score (nSPS) is 12.8. The standard InChI is InChI=1S/C12H18O2/c1-10(9-14-2)12-5-3-11(4-6-12)7-8-13/h3-6,10,13H,7-9H2,1-2H3. The Morgan fingerprint density at radius 1 is 1.29 bits per heavy atom. The van der Waals surface area contributed by atoms with Crippen LogP contribution in [0.2, 0.25) is 0 Å². The third kappa shape index (κ3) is 3.13. The molecular formula is C12H18O2. The Bertz CT molecular complexity index is 254.